The first-order valence-corrected chi connectivity index (χ1v) is 9.41. The van der Waals surface area contributed by atoms with Gasteiger partial charge in [-0.05, 0) is 36.4 Å². The molecule has 0 atom stereocenters. The standard InChI is InChI=1S/C17H19N7OS/c25-17(19-10-14-2-1-9-26-14)13-5-7-23(8-6-13)15-3-4-16(22-21-15)24-12-18-11-20-24/h1-4,9,11-13H,5-8,10H2,(H,19,25). The number of nitrogens with zero attached hydrogens (tertiary/aromatic N) is 6. The molecule has 1 fully saturated rings. The highest BCUT2D eigenvalue weighted by atomic mass is 32.1. The SMILES string of the molecule is O=C(NCc1cccs1)C1CCN(c2ccc(-n3cncn3)nn2)CC1. The quantitative estimate of drug-likeness (QED) is 0.736. The van der Waals surface area contributed by atoms with E-state index in [0.717, 1.165) is 31.7 Å². The molecule has 1 saturated heterocycles. The molecule has 0 saturated carbocycles. The van der Waals surface area contributed by atoms with Crippen molar-refractivity contribution in [1.29, 1.82) is 0 Å². The molecule has 0 aliphatic carbocycles. The monoisotopic (exact) mass is 369 g/mol. The molecule has 3 aromatic heterocycles. The fourth-order valence-electron chi connectivity index (χ4n) is 3.04. The van der Waals surface area contributed by atoms with Crippen LogP contribution < -0.4 is 10.2 Å². The van der Waals surface area contributed by atoms with E-state index in [1.165, 1.54) is 11.2 Å². The summed E-state index contributed by atoms with van der Waals surface area (Å²) in [5.41, 5.74) is 0. The minimum Gasteiger partial charge on any atom is -0.355 e. The minimum absolute atomic E-state index is 0.0635. The van der Waals surface area contributed by atoms with Crippen molar-refractivity contribution in [1.82, 2.24) is 30.3 Å². The van der Waals surface area contributed by atoms with Crippen LogP contribution in [0.4, 0.5) is 5.82 Å². The topological polar surface area (TPSA) is 88.8 Å². The van der Waals surface area contributed by atoms with Gasteiger partial charge in [-0.1, -0.05) is 6.07 Å². The number of aromatic nitrogens is 5. The largest absolute Gasteiger partial charge is 0.355 e. The van der Waals surface area contributed by atoms with Crippen LogP contribution in [-0.4, -0.2) is 44.0 Å². The van der Waals surface area contributed by atoms with Gasteiger partial charge in [0.15, 0.2) is 11.6 Å². The molecule has 0 bridgehead atoms. The van der Waals surface area contributed by atoms with Crippen LogP contribution in [0.5, 0.6) is 0 Å². The molecule has 0 unspecified atom stereocenters. The van der Waals surface area contributed by atoms with Crippen molar-refractivity contribution >= 4 is 23.1 Å². The number of amides is 1. The van der Waals surface area contributed by atoms with E-state index in [1.54, 1.807) is 22.3 Å². The summed E-state index contributed by atoms with van der Waals surface area (Å²) in [6.07, 6.45) is 4.69. The molecule has 1 N–H and O–H groups in total. The van der Waals surface area contributed by atoms with Crippen molar-refractivity contribution < 1.29 is 4.79 Å². The molecular formula is C17H19N7OS. The first-order chi connectivity index (χ1) is 12.8. The van der Waals surface area contributed by atoms with E-state index in [2.05, 4.69) is 30.5 Å². The maximum Gasteiger partial charge on any atom is 0.223 e. The van der Waals surface area contributed by atoms with Crippen molar-refractivity contribution in [2.24, 2.45) is 5.92 Å². The van der Waals surface area contributed by atoms with Gasteiger partial charge in [0.25, 0.3) is 0 Å². The molecule has 0 radical (unpaired) electrons. The Kier molecular flexibility index (Phi) is 4.87. The van der Waals surface area contributed by atoms with Crippen LogP contribution in [0.2, 0.25) is 0 Å². The molecule has 1 amide bonds. The van der Waals surface area contributed by atoms with E-state index in [-0.39, 0.29) is 11.8 Å². The Morgan fingerprint density at radius 3 is 2.65 bits per heavy atom. The van der Waals surface area contributed by atoms with E-state index in [9.17, 15) is 4.79 Å². The number of piperidine rings is 1. The maximum absolute atomic E-state index is 12.3. The normalized spacial score (nSPS) is 15.2. The zero-order valence-electron chi connectivity index (χ0n) is 14.2. The van der Waals surface area contributed by atoms with Gasteiger partial charge in [0.2, 0.25) is 5.91 Å². The van der Waals surface area contributed by atoms with Gasteiger partial charge in [-0.2, -0.15) is 5.10 Å². The summed E-state index contributed by atoms with van der Waals surface area (Å²) in [7, 11) is 0. The predicted molar refractivity (Wildman–Crippen MR) is 98.1 cm³/mol. The average Bonchev–Trinajstić information content (AvgIpc) is 3.40. The molecule has 3 aromatic rings. The van der Waals surface area contributed by atoms with Crippen molar-refractivity contribution in [2.45, 2.75) is 19.4 Å². The van der Waals surface area contributed by atoms with Gasteiger partial charge in [-0.15, -0.1) is 21.5 Å². The van der Waals surface area contributed by atoms with Crippen LogP contribution in [0, 0.1) is 5.92 Å². The number of carbonyl (C=O) groups excluding carboxylic acids is 1. The van der Waals surface area contributed by atoms with E-state index >= 15 is 0 Å². The predicted octanol–water partition coefficient (Wildman–Crippen LogP) is 1.65. The fourth-order valence-corrected chi connectivity index (χ4v) is 3.68. The Morgan fingerprint density at radius 2 is 2.00 bits per heavy atom. The van der Waals surface area contributed by atoms with Gasteiger partial charge in [0.1, 0.15) is 12.7 Å². The summed E-state index contributed by atoms with van der Waals surface area (Å²) in [5.74, 6) is 1.67. The van der Waals surface area contributed by atoms with Crippen molar-refractivity contribution in [3.63, 3.8) is 0 Å². The number of rotatable bonds is 5. The van der Waals surface area contributed by atoms with Gasteiger partial charge in [-0.3, -0.25) is 4.79 Å². The molecule has 9 heteroatoms. The lowest BCUT2D eigenvalue weighted by Gasteiger charge is -2.31. The van der Waals surface area contributed by atoms with E-state index < -0.39 is 0 Å². The lowest BCUT2D eigenvalue weighted by Crippen LogP contribution is -2.40. The molecule has 0 spiro atoms. The molecule has 26 heavy (non-hydrogen) atoms. The maximum atomic E-state index is 12.3. The number of hydrogen-bond acceptors (Lipinski definition) is 7. The Morgan fingerprint density at radius 1 is 1.19 bits per heavy atom. The van der Waals surface area contributed by atoms with Crippen LogP contribution in [0.1, 0.15) is 17.7 Å². The summed E-state index contributed by atoms with van der Waals surface area (Å²) in [6, 6.07) is 7.84. The van der Waals surface area contributed by atoms with Gasteiger partial charge in [-0.25, -0.2) is 9.67 Å². The summed E-state index contributed by atoms with van der Waals surface area (Å²) in [5, 5.41) is 17.6. The molecule has 1 aliphatic heterocycles. The molecular weight excluding hydrogens is 350 g/mol. The van der Waals surface area contributed by atoms with Crippen LogP contribution >= 0.6 is 11.3 Å². The van der Waals surface area contributed by atoms with E-state index in [4.69, 9.17) is 0 Å². The summed E-state index contributed by atoms with van der Waals surface area (Å²) < 4.78 is 1.57. The number of carbonyl (C=O) groups is 1. The highest BCUT2D eigenvalue weighted by Gasteiger charge is 2.25. The first kappa shape index (κ1) is 16.6. The first-order valence-electron chi connectivity index (χ1n) is 8.53. The lowest BCUT2D eigenvalue weighted by molar-refractivity contribution is -0.125. The fraction of sp³-hybridized carbons (Fsp3) is 0.353. The smallest absolute Gasteiger partial charge is 0.223 e. The van der Waals surface area contributed by atoms with Crippen LogP contribution in [-0.2, 0) is 11.3 Å². The lowest BCUT2D eigenvalue weighted by atomic mass is 9.96. The summed E-state index contributed by atoms with van der Waals surface area (Å²) in [4.78, 5) is 19.6. The third-order valence-electron chi connectivity index (χ3n) is 4.50. The van der Waals surface area contributed by atoms with Gasteiger partial charge >= 0.3 is 0 Å². The molecule has 0 aromatic carbocycles. The van der Waals surface area contributed by atoms with Crippen LogP contribution in [0.15, 0.2) is 42.3 Å². The van der Waals surface area contributed by atoms with Crippen molar-refractivity contribution in [3.05, 3.63) is 47.2 Å². The molecule has 8 nitrogen and oxygen atoms in total. The van der Waals surface area contributed by atoms with E-state index in [1.807, 2.05) is 29.6 Å². The third-order valence-corrected chi connectivity index (χ3v) is 5.37. The highest BCUT2D eigenvalue weighted by Crippen LogP contribution is 2.22. The van der Waals surface area contributed by atoms with Crippen LogP contribution in [0.25, 0.3) is 5.82 Å². The van der Waals surface area contributed by atoms with Gasteiger partial charge in [0.05, 0.1) is 6.54 Å². The molecule has 4 heterocycles. The molecule has 4 rings (SSSR count). The number of hydrogen-bond donors (Lipinski definition) is 1. The minimum atomic E-state index is 0.0635. The third kappa shape index (κ3) is 3.72. The van der Waals surface area contributed by atoms with E-state index in [0.29, 0.717) is 12.4 Å². The van der Waals surface area contributed by atoms with Crippen molar-refractivity contribution in [3.8, 4) is 5.82 Å². The number of nitrogens with one attached hydrogen (secondary N) is 1. The zero-order valence-corrected chi connectivity index (χ0v) is 15.0. The Labute approximate surface area is 154 Å². The van der Waals surface area contributed by atoms with Crippen LogP contribution in [0.3, 0.4) is 0 Å². The second-order valence-corrected chi connectivity index (χ2v) is 7.18. The summed E-state index contributed by atoms with van der Waals surface area (Å²) in [6.45, 7) is 2.22. The zero-order chi connectivity index (χ0) is 17.8. The molecule has 1 aliphatic rings. The number of thiophene rings is 1. The highest BCUT2D eigenvalue weighted by molar-refractivity contribution is 7.09. The Bertz CT molecular complexity index is 825. The van der Waals surface area contributed by atoms with Crippen molar-refractivity contribution in [2.75, 3.05) is 18.0 Å². The van der Waals surface area contributed by atoms with Gasteiger partial charge < -0.3 is 10.2 Å². The second-order valence-electron chi connectivity index (χ2n) is 6.15. The Balaban J connectivity index is 1.29. The summed E-state index contributed by atoms with van der Waals surface area (Å²) >= 11 is 1.66. The second kappa shape index (κ2) is 7.61. The van der Waals surface area contributed by atoms with Gasteiger partial charge in [0, 0.05) is 23.9 Å². The Hall–Kier alpha value is -2.81. The average molecular weight is 369 g/mol. The number of anilines is 1. The molecule has 134 valence electrons.